The second-order valence-electron chi connectivity index (χ2n) is 5.76. The molecule has 1 saturated heterocycles. The molecule has 1 amide bonds. The topological polar surface area (TPSA) is 58.6 Å². The number of carbonyl (C=O) groups is 2. The normalized spacial score (nSPS) is 18.5. The smallest absolute Gasteiger partial charge is 0.337 e. The first-order valence-electron chi connectivity index (χ1n) is 7.97. The van der Waals surface area contributed by atoms with Crippen LogP contribution in [0, 0.1) is 0 Å². The number of halogens is 1. The van der Waals surface area contributed by atoms with Crippen LogP contribution in [-0.2, 0) is 9.53 Å². The fourth-order valence-corrected chi connectivity index (χ4v) is 3.14. The number of esters is 1. The van der Waals surface area contributed by atoms with Gasteiger partial charge in [-0.2, -0.15) is 0 Å². The maximum atomic E-state index is 12.3. The van der Waals surface area contributed by atoms with Gasteiger partial charge in [-0.3, -0.25) is 9.69 Å². The van der Waals surface area contributed by atoms with E-state index in [9.17, 15) is 9.59 Å². The van der Waals surface area contributed by atoms with Crippen LogP contribution >= 0.6 is 11.6 Å². The molecule has 1 aliphatic heterocycles. The van der Waals surface area contributed by atoms with Crippen molar-refractivity contribution in [2.24, 2.45) is 0 Å². The lowest BCUT2D eigenvalue weighted by atomic mass is 10.00. The van der Waals surface area contributed by atoms with E-state index in [2.05, 4.69) is 21.9 Å². The molecule has 1 aromatic rings. The zero-order valence-electron chi connectivity index (χ0n) is 13.6. The van der Waals surface area contributed by atoms with Crippen LogP contribution in [0.3, 0.4) is 0 Å². The number of carbonyl (C=O) groups excluding carboxylic acids is 2. The maximum absolute atomic E-state index is 12.3. The second-order valence-corrected chi connectivity index (χ2v) is 6.17. The highest BCUT2D eigenvalue weighted by Gasteiger charge is 2.23. The van der Waals surface area contributed by atoms with Crippen molar-refractivity contribution in [1.82, 2.24) is 4.90 Å². The van der Waals surface area contributed by atoms with Gasteiger partial charge in [0.05, 0.1) is 29.9 Å². The summed E-state index contributed by atoms with van der Waals surface area (Å²) in [7, 11) is 1.32. The molecule has 1 heterocycles. The van der Waals surface area contributed by atoms with Crippen molar-refractivity contribution in [2.45, 2.75) is 38.6 Å². The Hall–Kier alpha value is -1.59. The van der Waals surface area contributed by atoms with Crippen LogP contribution in [-0.4, -0.2) is 43.0 Å². The first-order valence-corrected chi connectivity index (χ1v) is 8.34. The molecule has 0 aliphatic carbocycles. The zero-order chi connectivity index (χ0) is 16.8. The minimum Gasteiger partial charge on any atom is -0.465 e. The number of hydrogen-bond donors (Lipinski definition) is 1. The average Bonchev–Trinajstić information content (AvgIpc) is 2.56. The summed E-state index contributed by atoms with van der Waals surface area (Å²) in [5, 5.41) is 3.20. The number of ether oxygens (including phenoxy) is 1. The fourth-order valence-electron chi connectivity index (χ4n) is 2.97. The second kappa shape index (κ2) is 8.31. The van der Waals surface area contributed by atoms with E-state index in [0.29, 0.717) is 28.9 Å². The number of hydrogen-bond acceptors (Lipinski definition) is 4. The van der Waals surface area contributed by atoms with Crippen LogP contribution in [0.25, 0.3) is 0 Å². The molecule has 1 N–H and O–H groups in total. The molecule has 0 spiro atoms. The van der Waals surface area contributed by atoms with Gasteiger partial charge < -0.3 is 10.1 Å². The van der Waals surface area contributed by atoms with Gasteiger partial charge >= 0.3 is 5.97 Å². The molecule has 0 aromatic heterocycles. The molecule has 0 radical (unpaired) electrons. The molecule has 1 atom stereocenters. The van der Waals surface area contributed by atoms with E-state index in [0.717, 1.165) is 25.8 Å². The highest BCUT2D eigenvalue weighted by Crippen LogP contribution is 2.24. The third-order valence-electron chi connectivity index (χ3n) is 4.23. The Bertz CT molecular complexity index is 577. The van der Waals surface area contributed by atoms with Crippen LogP contribution in [0.15, 0.2) is 18.2 Å². The Labute approximate surface area is 141 Å². The van der Waals surface area contributed by atoms with Crippen LogP contribution < -0.4 is 5.32 Å². The van der Waals surface area contributed by atoms with Gasteiger partial charge in [-0.1, -0.05) is 24.9 Å². The number of anilines is 1. The van der Waals surface area contributed by atoms with Crippen molar-refractivity contribution in [3.63, 3.8) is 0 Å². The number of benzene rings is 1. The largest absolute Gasteiger partial charge is 0.465 e. The lowest BCUT2D eigenvalue weighted by Gasteiger charge is -2.34. The van der Waals surface area contributed by atoms with Gasteiger partial charge in [0.15, 0.2) is 0 Å². The summed E-state index contributed by atoms with van der Waals surface area (Å²) >= 11 is 6.11. The first kappa shape index (κ1) is 17.8. The lowest BCUT2D eigenvalue weighted by Crippen LogP contribution is -2.43. The molecule has 126 valence electrons. The Morgan fingerprint density at radius 2 is 2.17 bits per heavy atom. The number of likely N-dealkylation sites (tertiary alicyclic amines) is 1. The molecule has 6 heteroatoms. The minimum absolute atomic E-state index is 0.116. The van der Waals surface area contributed by atoms with Crippen molar-refractivity contribution in [3.8, 4) is 0 Å². The number of nitrogens with one attached hydrogen (secondary N) is 1. The van der Waals surface area contributed by atoms with Gasteiger partial charge in [0, 0.05) is 6.04 Å². The molecule has 5 nitrogen and oxygen atoms in total. The van der Waals surface area contributed by atoms with Crippen LogP contribution in [0.4, 0.5) is 5.69 Å². The van der Waals surface area contributed by atoms with Gasteiger partial charge in [-0.15, -0.1) is 0 Å². The lowest BCUT2D eigenvalue weighted by molar-refractivity contribution is -0.118. The molecule has 23 heavy (non-hydrogen) atoms. The maximum Gasteiger partial charge on any atom is 0.337 e. The fraction of sp³-hybridized carbons (Fsp3) is 0.529. The summed E-state index contributed by atoms with van der Waals surface area (Å²) < 4.78 is 4.68. The van der Waals surface area contributed by atoms with Gasteiger partial charge in [0.25, 0.3) is 0 Å². The van der Waals surface area contributed by atoms with Crippen LogP contribution in [0.5, 0.6) is 0 Å². The molecular weight excluding hydrogens is 316 g/mol. The Balaban J connectivity index is 2.03. The minimum atomic E-state index is -0.459. The van der Waals surface area contributed by atoms with E-state index in [1.165, 1.54) is 13.5 Å². The van der Waals surface area contributed by atoms with E-state index >= 15 is 0 Å². The highest BCUT2D eigenvalue weighted by molar-refractivity contribution is 6.33. The molecular formula is C17H23ClN2O3. The van der Waals surface area contributed by atoms with Gasteiger partial charge in [-0.05, 0) is 44.0 Å². The summed E-state index contributed by atoms with van der Waals surface area (Å²) in [5.74, 6) is -0.575. The molecule has 0 bridgehead atoms. The number of amides is 1. The number of methoxy groups -OCH3 is 1. The molecule has 1 aromatic carbocycles. The summed E-state index contributed by atoms with van der Waals surface area (Å²) in [5.41, 5.74) is 0.793. The van der Waals surface area contributed by atoms with Crippen molar-refractivity contribution < 1.29 is 14.3 Å². The molecule has 1 fully saturated rings. The van der Waals surface area contributed by atoms with E-state index < -0.39 is 5.97 Å². The number of piperidine rings is 1. The Kier molecular flexibility index (Phi) is 6.42. The summed E-state index contributed by atoms with van der Waals surface area (Å²) in [6.45, 7) is 3.44. The predicted molar refractivity (Wildman–Crippen MR) is 90.9 cm³/mol. The predicted octanol–water partition coefficient (Wildman–Crippen LogP) is 3.33. The summed E-state index contributed by atoms with van der Waals surface area (Å²) in [6.07, 6.45) is 4.54. The van der Waals surface area contributed by atoms with E-state index in [1.54, 1.807) is 18.2 Å². The van der Waals surface area contributed by atoms with E-state index in [-0.39, 0.29) is 5.91 Å². The summed E-state index contributed by atoms with van der Waals surface area (Å²) in [6, 6.07) is 5.16. The van der Waals surface area contributed by atoms with Crippen molar-refractivity contribution in [1.29, 1.82) is 0 Å². The first-order chi connectivity index (χ1) is 11.0. The highest BCUT2D eigenvalue weighted by atomic mass is 35.5. The van der Waals surface area contributed by atoms with Gasteiger partial charge in [0.2, 0.25) is 5.91 Å². The third kappa shape index (κ3) is 4.69. The third-order valence-corrected chi connectivity index (χ3v) is 4.56. The molecule has 2 rings (SSSR count). The van der Waals surface area contributed by atoms with Crippen LogP contribution in [0.1, 0.15) is 43.0 Å². The van der Waals surface area contributed by atoms with E-state index in [4.69, 9.17) is 11.6 Å². The summed E-state index contributed by atoms with van der Waals surface area (Å²) in [4.78, 5) is 26.1. The SMILES string of the molecule is CCC1CCCCN1CC(=O)Nc1cc(C(=O)OC)ccc1Cl. The van der Waals surface area contributed by atoms with Crippen molar-refractivity contribution in [3.05, 3.63) is 28.8 Å². The molecule has 1 unspecified atom stereocenters. The number of rotatable bonds is 5. The van der Waals surface area contributed by atoms with Crippen molar-refractivity contribution >= 4 is 29.2 Å². The number of nitrogens with zero attached hydrogens (tertiary/aromatic N) is 1. The zero-order valence-corrected chi connectivity index (χ0v) is 14.4. The van der Waals surface area contributed by atoms with Gasteiger partial charge in [0.1, 0.15) is 0 Å². The Morgan fingerprint density at radius 1 is 1.39 bits per heavy atom. The standard InChI is InChI=1S/C17H23ClN2O3/c1-3-13-6-4-5-9-20(13)11-16(21)19-15-10-12(17(22)23-2)7-8-14(15)18/h7-8,10,13H,3-6,9,11H2,1-2H3,(H,19,21). The van der Waals surface area contributed by atoms with Crippen LogP contribution in [0.2, 0.25) is 5.02 Å². The molecule has 0 saturated carbocycles. The quantitative estimate of drug-likeness (QED) is 0.837. The van der Waals surface area contributed by atoms with Gasteiger partial charge in [-0.25, -0.2) is 4.79 Å². The van der Waals surface area contributed by atoms with E-state index in [1.807, 2.05) is 0 Å². The molecule has 1 aliphatic rings. The average molecular weight is 339 g/mol. The monoisotopic (exact) mass is 338 g/mol. The van der Waals surface area contributed by atoms with Crippen molar-refractivity contribution in [2.75, 3.05) is 25.5 Å². The Morgan fingerprint density at radius 3 is 2.87 bits per heavy atom.